The van der Waals surface area contributed by atoms with E-state index < -0.39 is 18.7 Å². The van der Waals surface area contributed by atoms with Gasteiger partial charge in [0.15, 0.2) is 11.7 Å². The molecule has 0 atom stereocenters. The number of nitrogens with one attached hydrogen (secondary N) is 1. The van der Waals surface area contributed by atoms with Gasteiger partial charge in [0.1, 0.15) is 11.4 Å². The number of nitrogens with two attached hydrogens (primary N) is 1. The van der Waals surface area contributed by atoms with Gasteiger partial charge in [0, 0.05) is 5.38 Å². The number of hydrogen-bond donors (Lipinski definition) is 2. The van der Waals surface area contributed by atoms with Crippen molar-refractivity contribution in [1.29, 1.82) is 0 Å². The highest BCUT2D eigenvalue weighted by Gasteiger charge is 2.29. The first-order chi connectivity index (χ1) is 9.85. The van der Waals surface area contributed by atoms with E-state index in [0.717, 1.165) is 11.3 Å². The number of para-hydroxylation sites is 2. The number of rotatable bonds is 4. The fourth-order valence-corrected chi connectivity index (χ4v) is 1.98. The van der Waals surface area contributed by atoms with Crippen LogP contribution in [0.25, 0.3) is 0 Å². The van der Waals surface area contributed by atoms with Crippen molar-refractivity contribution < 1.29 is 22.7 Å². The van der Waals surface area contributed by atoms with E-state index in [2.05, 4.69) is 15.0 Å². The molecule has 0 aliphatic rings. The summed E-state index contributed by atoms with van der Waals surface area (Å²) in [6.07, 6.45) is -4.46. The van der Waals surface area contributed by atoms with Gasteiger partial charge in [-0.05, 0) is 12.1 Å². The summed E-state index contributed by atoms with van der Waals surface area (Å²) in [6, 6.07) is 5.82. The van der Waals surface area contributed by atoms with E-state index in [1.807, 2.05) is 0 Å². The summed E-state index contributed by atoms with van der Waals surface area (Å²) in [5, 5.41) is 4.11. The lowest BCUT2D eigenvalue weighted by molar-refractivity contribution is -0.153. The van der Waals surface area contributed by atoms with Crippen LogP contribution in [-0.2, 0) is 0 Å². The average molecular weight is 317 g/mol. The van der Waals surface area contributed by atoms with Gasteiger partial charge in [0.2, 0.25) is 0 Å². The van der Waals surface area contributed by atoms with Gasteiger partial charge < -0.3 is 15.8 Å². The number of benzene rings is 1. The second-order valence-electron chi connectivity index (χ2n) is 3.93. The molecular weight excluding hydrogens is 307 g/mol. The van der Waals surface area contributed by atoms with Crippen molar-refractivity contribution in [1.82, 2.24) is 4.98 Å². The molecule has 3 N–H and O–H groups in total. The Bertz CT molecular complexity index is 643. The number of carbonyl (C=O) groups excluding carboxylic acids is 1. The fourth-order valence-electron chi connectivity index (χ4n) is 1.43. The molecule has 1 heterocycles. The Balaban J connectivity index is 2.11. The van der Waals surface area contributed by atoms with Crippen LogP contribution in [0.1, 0.15) is 10.5 Å². The highest BCUT2D eigenvalue weighted by atomic mass is 32.1. The molecule has 0 fully saturated rings. The minimum absolute atomic E-state index is 0.0774. The molecule has 0 saturated heterocycles. The summed E-state index contributed by atoms with van der Waals surface area (Å²) in [6.45, 7) is -1.44. The lowest BCUT2D eigenvalue weighted by Gasteiger charge is -2.13. The first-order valence-corrected chi connectivity index (χ1v) is 6.54. The standard InChI is InChI=1S/C12H10F3N3O2S/c13-12(14,15)6-20-9-4-2-1-3-7(9)17-10(19)8-5-21-11(16)18-8/h1-5H,6H2,(H2,16,18)(H,17,19). The highest BCUT2D eigenvalue weighted by molar-refractivity contribution is 7.13. The van der Waals surface area contributed by atoms with Gasteiger partial charge in [-0.25, -0.2) is 4.98 Å². The number of nitrogen functional groups attached to an aromatic ring is 1. The third-order valence-electron chi connectivity index (χ3n) is 2.28. The lowest BCUT2D eigenvalue weighted by atomic mass is 10.3. The molecule has 2 aromatic rings. The number of ether oxygens (including phenoxy) is 1. The van der Waals surface area contributed by atoms with Crippen molar-refractivity contribution in [2.75, 3.05) is 17.7 Å². The quantitative estimate of drug-likeness (QED) is 0.909. The van der Waals surface area contributed by atoms with E-state index >= 15 is 0 Å². The number of carbonyl (C=O) groups is 1. The molecule has 0 radical (unpaired) electrons. The number of thiazole rings is 1. The van der Waals surface area contributed by atoms with E-state index in [0.29, 0.717) is 0 Å². The molecule has 5 nitrogen and oxygen atoms in total. The number of hydrogen-bond acceptors (Lipinski definition) is 5. The summed E-state index contributed by atoms with van der Waals surface area (Å²) < 4.78 is 41.2. The van der Waals surface area contributed by atoms with Gasteiger partial charge in [-0.1, -0.05) is 12.1 Å². The van der Waals surface area contributed by atoms with Gasteiger partial charge in [0.25, 0.3) is 5.91 Å². The molecule has 0 unspecified atom stereocenters. The summed E-state index contributed by atoms with van der Waals surface area (Å²) in [5.41, 5.74) is 5.62. The zero-order valence-corrected chi connectivity index (χ0v) is 11.3. The predicted octanol–water partition coefficient (Wildman–Crippen LogP) is 2.92. The topological polar surface area (TPSA) is 77.2 Å². The summed E-state index contributed by atoms with van der Waals surface area (Å²) in [4.78, 5) is 15.7. The highest BCUT2D eigenvalue weighted by Crippen LogP contribution is 2.27. The molecule has 1 aromatic carbocycles. The Morgan fingerprint density at radius 3 is 2.71 bits per heavy atom. The molecule has 0 bridgehead atoms. The maximum Gasteiger partial charge on any atom is 0.422 e. The first kappa shape index (κ1) is 15.1. The summed E-state index contributed by atoms with van der Waals surface area (Å²) in [7, 11) is 0. The molecule has 2 rings (SSSR count). The largest absolute Gasteiger partial charge is 0.482 e. The van der Waals surface area contributed by atoms with Crippen molar-refractivity contribution in [2.45, 2.75) is 6.18 Å². The van der Waals surface area contributed by atoms with Crippen molar-refractivity contribution in [3.8, 4) is 5.75 Å². The summed E-state index contributed by atoms with van der Waals surface area (Å²) in [5.74, 6) is -0.655. The van der Waals surface area contributed by atoms with Gasteiger partial charge in [0.05, 0.1) is 5.69 Å². The molecule has 1 aromatic heterocycles. The van der Waals surface area contributed by atoms with Crippen LogP contribution >= 0.6 is 11.3 Å². The monoisotopic (exact) mass is 317 g/mol. The van der Waals surface area contributed by atoms with Crippen molar-refractivity contribution in [2.24, 2.45) is 0 Å². The third kappa shape index (κ3) is 4.35. The minimum atomic E-state index is -4.46. The number of amides is 1. The normalized spacial score (nSPS) is 11.2. The molecule has 0 aliphatic carbocycles. The van der Waals surface area contributed by atoms with Crippen LogP contribution in [0.15, 0.2) is 29.6 Å². The van der Waals surface area contributed by atoms with Crippen LogP contribution in [0, 0.1) is 0 Å². The van der Waals surface area contributed by atoms with Gasteiger partial charge in [-0.2, -0.15) is 13.2 Å². The Labute approximate surface area is 121 Å². The lowest BCUT2D eigenvalue weighted by Crippen LogP contribution is -2.20. The molecule has 21 heavy (non-hydrogen) atoms. The van der Waals surface area contributed by atoms with Crippen LogP contribution < -0.4 is 15.8 Å². The van der Waals surface area contributed by atoms with Crippen LogP contribution in [0.5, 0.6) is 5.75 Å². The number of anilines is 2. The van der Waals surface area contributed by atoms with E-state index in [1.165, 1.54) is 23.6 Å². The van der Waals surface area contributed by atoms with Crippen LogP contribution in [0.3, 0.4) is 0 Å². The van der Waals surface area contributed by atoms with E-state index in [9.17, 15) is 18.0 Å². The molecule has 0 aliphatic heterocycles. The van der Waals surface area contributed by atoms with Gasteiger partial charge in [-0.15, -0.1) is 11.3 Å². The smallest absolute Gasteiger partial charge is 0.422 e. The number of nitrogens with zero attached hydrogens (tertiary/aromatic N) is 1. The van der Waals surface area contributed by atoms with Gasteiger partial charge in [-0.3, -0.25) is 4.79 Å². The minimum Gasteiger partial charge on any atom is -0.482 e. The van der Waals surface area contributed by atoms with Crippen molar-refractivity contribution >= 4 is 28.1 Å². The number of halogens is 3. The van der Waals surface area contributed by atoms with Crippen molar-refractivity contribution in [3.05, 3.63) is 35.3 Å². The van der Waals surface area contributed by atoms with Gasteiger partial charge >= 0.3 is 6.18 Å². The zero-order valence-electron chi connectivity index (χ0n) is 10.5. The Morgan fingerprint density at radius 1 is 1.38 bits per heavy atom. The Morgan fingerprint density at radius 2 is 2.10 bits per heavy atom. The van der Waals surface area contributed by atoms with E-state index in [-0.39, 0.29) is 22.3 Å². The van der Waals surface area contributed by atoms with E-state index in [4.69, 9.17) is 5.73 Å². The first-order valence-electron chi connectivity index (χ1n) is 5.66. The Kier molecular flexibility index (Phi) is 4.32. The van der Waals surface area contributed by atoms with Crippen LogP contribution in [-0.4, -0.2) is 23.7 Å². The van der Waals surface area contributed by atoms with Crippen LogP contribution in [0.2, 0.25) is 0 Å². The maximum absolute atomic E-state index is 12.2. The zero-order chi connectivity index (χ0) is 15.5. The molecule has 0 saturated carbocycles. The summed E-state index contributed by atoms with van der Waals surface area (Å²) >= 11 is 1.09. The molecule has 1 amide bonds. The molecule has 0 spiro atoms. The third-order valence-corrected chi connectivity index (χ3v) is 2.96. The molecular formula is C12H10F3N3O2S. The average Bonchev–Trinajstić information content (AvgIpc) is 2.83. The predicted molar refractivity (Wildman–Crippen MR) is 72.5 cm³/mol. The second kappa shape index (κ2) is 6.00. The number of aromatic nitrogens is 1. The maximum atomic E-state index is 12.2. The molecule has 9 heteroatoms. The van der Waals surface area contributed by atoms with Crippen LogP contribution in [0.4, 0.5) is 24.0 Å². The number of alkyl halides is 3. The second-order valence-corrected chi connectivity index (χ2v) is 4.81. The fraction of sp³-hybridized carbons (Fsp3) is 0.167. The van der Waals surface area contributed by atoms with E-state index in [1.54, 1.807) is 6.07 Å². The SMILES string of the molecule is Nc1nc(C(=O)Nc2ccccc2OCC(F)(F)F)cs1. The Hall–Kier alpha value is -2.29. The molecule has 112 valence electrons. The van der Waals surface area contributed by atoms with Crippen molar-refractivity contribution in [3.63, 3.8) is 0 Å².